The average Bonchev–Trinajstić information content (AvgIpc) is 3.35. The monoisotopic (exact) mass is 668 g/mol. The van der Waals surface area contributed by atoms with E-state index >= 15 is 8.78 Å². The molecule has 0 bridgehead atoms. The summed E-state index contributed by atoms with van der Waals surface area (Å²) < 4.78 is 72.1. The van der Waals surface area contributed by atoms with E-state index in [9.17, 15) is 27.9 Å². The normalized spacial score (nSPS) is 31.2. The molecule has 2 saturated carbocycles. The molecule has 1 N–H and O–H groups in total. The van der Waals surface area contributed by atoms with Crippen LogP contribution in [0.25, 0.3) is 0 Å². The Kier molecular flexibility index (Phi) is 8.22. The molecule has 3 fully saturated rings. The molecule has 5 nitrogen and oxygen atoms in total. The van der Waals surface area contributed by atoms with Gasteiger partial charge in [-0.15, -0.1) is 0 Å². The number of carbonyl (C=O) groups excluding carboxylic acids is 2. The number of hydrogen-bond donors (Lipinski definition) is 1. The number of amides is 1. The first-order valence-electron chi connectivity index (χ1n) is 17.0. The zero-order valence-corrected chi connectivity index (χ0v) is 27.0. The number of rotatable bonds is 5. The predicted molar refractivity (Wildman–Crippen MR) is 170 cm³/mol. The fraction of sp³-hybridized carbons (Fsp3) is 0.526. The van der Waals surface area contributed by atoms with Crippen LogP contribution in [0.5, 0.6) is 0 Å². The molecule has 5 aliphatic rings. The van der Waals surface area contributed by atoms with Gasteiger partial charge in [0.05, 0.1) is 0 Å². The third-order valence-electron chi connectivity index (χ3n) is 12.2. The van der Waals surface area contributed by atoms with Crippen molar-refractivity contribution in [1.29, 1.82) is 0 Å². The number of nitrogens with zero attached hydrogens (tertiary/aromatic N) is 2. The molecular weight excluding hydrogens is 627 g/mol. The van der Waals surface area contributed by atoms with Gasteiger partial charge in [-0.3, -0.25) is 14.5 Å². The molecule has 2 unspecified atom stereocenters. The van der Waals surface area contributed by atoms with Gasteiger partial charge >= 0.3 is 12.1 Å². The van der Waals surface area contributed by atoms with Gasteiger partial charge in [0.15, 0.2) is 5.78 Å². The maximum Gasteiger partial charge on any atom is 0.456 e. The molecule has 0 aromatic heterocycles. The highest BCUT2D eigenvalue weighted by Crippen LogP contribution is 2.70. The summed E-state index contributed by atoms with van der Waals surface area (Å²) in [6.45, 7) is 4.86. The highest BCUT2D eigenvalue weighted by Gasteiger charge is 2.79. The Morgan fingerprint density at radius 3 is 2.27 bits per heavy atom. The summed E-state index contributed by atoms with van der Waals surface area (Å²) in [6, 6.07) is 17.2. The largest absolute Gasteiger partial charge is 0.456 e. The van der Waals surface area contributed by atoms with Gasteiger partial charge in [-0.2, -0.15) is 22.0 Å². The number of aliphatic hydroxyl groups is 1. The minimum Gasteiger partial charge on any atom is -0.383 e. The van der Waals surface area contributed by atoms with E-state index < -0.39 is 41.4 Å². The van der Waals surface area contributed by atoms with Crippen LogP contribution in [0.15, 0.2) is 77.4 Å². The van der Waals surface area contributed by atoms with Crippen LogP contribution in [0.4, 0.5) is 22.0 Å². The number of allylic oxidation sites excluding steroid dienone is 4. The third-order valence-corrected chi connectivity index (χ3v) is 12.2. The van der Waals surface area contributed by atoms with Crippen molar-refractivity contribution >= 4 is 11.7 Å². The van der Waals surface area contributed by atoms with Crippen molar-refractivity contribution in [3.8, 4) is 0 Å². The Labute approximate surface area is 277 Å². The minimum absolute atomic E-state index is 0.0359. The highest BCUT2D eigenvalue weighted by atomic mass is 19.4. The second kappa shape index (κ2) is 11.9. The second-order valence-electron chi connectivity index (χ2n) is 14.6. The third kappa shape index (κ3) is 5.25. The predicted octanol–water partition coefficient (Wildman–Crippen LogP) is 7.47. The molecule has 4 aliphatic carbocycles. The molecule has 48 heavy (non-hydrogen) atoms. The molecule has 2 aromatic rings. The Hall–Kier alpha value is -3.37. The number of hydrogen-bond acceptors (Lipinski definition) is 4. The van der Waals surface area contributed by atoms with E-state index in [0.29, 0.717) is 49.9 Å². The van der Waals surface area contributed by atoms with Crippen LogP contribution in [-0.2, 0) is 11.3 Å². The van der Waals surface area contributed by atoms with Crippen molar-refractivity contribution in [2.75, 3.05) is 26.2 Å². The van der Waals surface area contributed by atoms with Gasteiger partial charge < -0.3 is 10.0 Å². The molecule has 2 aromatic carbocycles. The quantitative estimate of drug-likeness (QED) is 0.336. The fourth-order valence-corrected chi connectivity index (χ4v) is 9.71. The van der Waals surface area contributed by atoms with Crippen LogP contribution in [0.3, 0.4) is 0 Å². The summed E-state index contributed by atoms with van der Waals surface area (Å²) in [5.74, 6) is -6.75. The van der Waals surface area contributed by atoms with Gasteiger partial charge in [-0.05, 0) is 90.8 Å². The number of carbonyl (C=O) groups is 2. The van der Waals surface area contributed by atoms with Crippen LogP contribution in [0, 0.1) is 17.3 Å². The first-order valence-corrected chi connectivity index (χ1v) is 17.0. The van der Waals surface area contributed by atoms with Gasteiger partial charge in [0.2, 0.25) is 0 Å². The van der Waals surface area contributed by atoms with Crippen LogP contribution < -0.4 is 0 Å². The van der Waals surface area contributed by atoms with Gasteiger partial charge in [-0.25, -0.2) is 0 Å². The van der Waals surface area contributed by atoms with Crippen molar-refractivity contribution < 1.29 is 36.6 Å². The van der Waals surface area contributed by atoms with E-state index in [1.165, 1.54) is 12.5 Å². The standard InChI is InChI=1S/C38H41F5N2O3/c1-35-22-31(25-7-9-26(10-8-25)34(47)45-19-17-44(18-20-45)23-24-5-3-2-4-6-24)33-29-14-12-28(46)21-27(29)11-13-30(33)32(35)15-16-36(35,48)37(39,40)38(41,42)43/h2-10,21,30-32,48H,11-20,22-23H2,1H3/t30?,31-,32+,35?,36+/m1/s1. The molecular formula is C38H41F5N2O3. The summed E-state index contributed by atoms with van der Waals surface area (Å²) in [5, 5.41) is 11.5. The molecule has 1 saturated heterocycles. The molecule has 10 heteroatoms. The van der Waals surface area contributed by atoms with Crippen LogP contribution >= 0.6 is 0 Å². The van der Waals surface area contributed by atoms with Gasteiger partial charge in [0.25, 0.3) is 5.91 Å². The molecule has 5 atom stereocenters. The van der Waals surface area contributed by atoms with E-state index in [4.69, 9.17) is 0 Å². The lowest BCUT2D eigenvalue weighted by atomic mass is 9.50. The number of halogens is 5. The number of ketones is 1. The van der Waals surface area contributed by atoms with E-state index in [1.54, 1.807) is 30.3 Å². The first-order chi connectivity index (χ1) is 22.7. The second-order valence-corrected chi connectivity index (χ2v) is 14.6. The average molecular weight is 669 g/mol. The zero-order valence-electron chi connectivity index (χ0n) is 27.0. The van der Waals surface area contributed by atoms with Gasteiger partial charge in [0, 0.05) is 56.0 Å². The van der Waals surface area contributed by atoms with Crippen LogP contribution in [-0.4, -0.2) is 70.5 Å². The number of alkyl halides is 5. The lowest BCUT2D eigenvalue weighted by Crippen LogP contribution is -2.65. The highest BCUT2D eigenvalue weighted by molar-refractivity contribution is 5.94. The van der Waals surface area contributed by atoms with Gasteiger partial charge in [-0.1, -0.05) is 55.0 Å². The van der Waals surface area contributed by atoms with Crippen LogP contribution in [0.1, 0.15) is 79.3 Å². The molecule has 1 heterocycles. The Balaban J connectivity index is 1.18. The lowest BCUT2D eigenvalue weighted by molar-refractivity contribution is -0.362. The van der Waals surface area contributed by atoms with Crippen LogP contribution in [0.2, 0.25) is 0 Å². The summed E-state index contributed by atoms with van der Waals surface area (Å²) in [7, 11) is 0. The van der Waals surface area contributed by atoms with Crippen molar-refractivity contribution in [2.24, 2.45) is 17.3 Å². The number of piperazine rings is 1. The maximum atomic E-state index is 15.3. The number of fused-ring (bicyclic) bond motifs is 4. The van der Waals surface area contributed by atoms with E-state index in [0.717, 1.165) is 36.4 Å². The van der Waals surface area contributed by atoms with Gasteiger partial charge in [0.1, 0.15) is 5.60 Å². The topological polar surface area (TPSA) is 60.9 Å². The molecule has 1 amide bonds. The first kappa shape index (κ1) is 33.1. The molecule has 0 spiro atoms. The molecule has 256 valence electrons. The molecule has 7 rings (SSSR count). The van der Waals surface area contributed by atoms with Crippen molar-refractivity contribution in [3.05, 3.63) is 94.1 Å². The molecule has 1 aliphatic heterocycles. The Morgan fingerprint density at radius 1 is 0.917 bits per heavy atom. The van der Waals surface area contributed by atoms with Crippen molar-refractivity contribution in [2.45, 2.75) is 82.0 Å². The lowest BCUT2D eigenvalue weighted by Gasteiger charge is -2.56. The minimum atomic E-state index is -5.89. The summed E-state index contributed by atoms with van der Waals surface area (Å²) in [6.07, 6.45) is -2.99. The van der Waals surface area contributed by atoms with E-state index in [2.05, 4.69) is 17.0 Å². The molecule has 0 radical (unpaired) electrons. The summed E-state index contributed by atoms with van der Waals surface area (Å²) in [4.78, 5) is 30.0. The maximum absolute atomic E-state index is 15.3. The van der Waals surface area contributed by atoms with Crippen molar-refractivity contribution in [3.63, 3.8) is 0 Å². The summed E-state index contributed by atoms with van der Waals surface area (Å²) >= 11 is 0. The van der Waals surface area contributed by atoms with Crippen molar-refractivity contribution in [1.82, 2.24) is 9.80 Å². The van der Waals surface area contributed by atoms with E-state index in [-0.39, 0.29) is 30.4 Å². The number of benzene rings is 2. The Morgan fingerprint density at radius 2 is 1.60 bits per heavy atom. The SMILES string of the molecule is CC12C[C@H](c3ccc(C(=O)N4CCN(Cc5ccccc5)CC4)cc3)C3=C4CCC(=O)C=C4CCC3[C@@H]1CC[C@@]2(O)C(F)(F)C(F)(F)F. The summed E-state index contributed by atoms with van der Waals surface area (Å²) in [5.41, 5.74) is 0.400. The smallest absolute Gasteiger partial charge is 0.383 e. The zero-order chi connectivity index (χ0) is 34.1. The fourth-order valence-electron chi connectivity index (χ4n) is 9.71. The Bertz CT molecular complexity index is 1640. The van der Waals surface area contributed by atoms with E-state index in [1.807, 2.05) is 23.1 Å².